The van der Waals surface area contributed by atoms with Gasteiger partial charge in [0, 0.05) is 42.6 Å². The molecule has 1 aliphatic rings. The third-order valence-electron chi connectivity index (χ3n) is 7.08. The Labute approximate surface area is 211 Å². The highest BCUT2D eigenvalue weighted by atomic mass is 35.5. The third-order valence-corrected chi connectivity index (χ3v) is 7.31. The molecule has 1 saturated heterocycles. The number of unbranched alkanes of at least 4 members (excludes halogenated alkanes) is 2. The molecule has 5 nitrogen and oxygen atoms in total. The first kappa shape index (κ1) is 23.8. The van der Waals surface area contributed by atoms with E-state index in [0.29, 0.717) is 17.4 Å². The standard InChI is InChI=1S/C29H33ClN4O/c1-2-3-6-15-34-27-12-11-24(30)19-26(27)28(32-29(34)35)31-25-13-16-33(17-14-25)20-21-9-10-22-7-4-5-8-23(22)18-21/h4-5,7-12,18-19,25H,2-3,6,13-17,20H2,1H3,(H,31,32,35). The monoisotopic (exact) mass is 488 g/mol. The topological polar surface area (TPSA) is 50.2 Å². The molecule has 3 aromatic carbocycles. The molecule has 0 spiro atoms. The van der Waals surface area contributed by atoms with Gasteiger partial charge in [-0.2, -0.15) is 4.98 Å². The third kappa shape index (κ3) is 5.52. The summed E-state index contributed by atoms with van der Waals surface area (Å²) in [5.74, 6) is 0.659. The number of hydrogen-bond donors (Lipinski definition) is 1. The summed E-state index contributed by atoms with van der Waals surface area (Å²) in [6.07, 6.45) is 5.20. The molecule has 2 heterocycles. The number of halogens is 1. The highest BCUT2D eigenvalue weighted by Crippen LogP contribution is 2.26. The second-order valence-corrected chi connectivity index (χ2v) is 10.1. The molecule has 1 aliphatic heterocycles. The van der Waals surface area contributed by atoms with Crippen LogP contribution in [-0.2, 0) is 13.1 Å². The number of likely N-dealkylation sites (tertiary alicyclic amines) is 1. The molecule has 1 fully saturated rings. The van der Waals surface area contributed by atoms with E-state index in [1.165, 1.54) is 16.3 Å². The van der Waals surface area contributed by atoms with Crippen molar-refractivity contribution in [2.24, 2.45) is 0 Å². The highest BCUT2D eigenvalue weighted by molar-refractivity contribution is 6.31. The van der Waals surface area contributed by atoms with Crippen molar-refractivity contribution >= 4 is 39.1 Å². The van der Waals surface area contributed by atoms with Crippen LogP contribution in [0.2, 0.25) is 5.02 Å². The van der Waals surface area contributed by atoms with Crippen LogP contribution in [0, 0.1) is 0 Å². The second-order valence-electron chi connectivity index (χ2n) is 9.64. The molecule has 4 aromatic rings. The summed E-state index contributed by atoms with van der Waals surface area (Å²) < 4.78 is 1.79. The van der Waals surface area contributed by atoms with E-state index in [1.807, 2.05) is 18.2 Å². The van der Waals surface area contributed by atoms with Crippen LogP contribution in [-0.4, -0.2) is 33.6 Å². The molecule has 0 atom stereocenters. The summed E-state index contributed by atoms with van der Waals surface area (Å²) in [5.41, 5.74) is 2.07. The molecule has 1 aromatic heterocycles. The van der Waals surface area contributed by atoms with Crippen molar-refractivity contribution in [1.82, 2.24) is 14.5 Å². The minimum atomic E-state index is -0.188. The summed E-state index contributed by atoms with van der Waals surface area (Å²) in [6, 6.07) is 21.3. The molecule has 182 valence electrons. The fourth-order valence-corrected chi connectivity index (χ4v) is 5.29. The molecule has 0 aliphatic carbocycles. The highest BCUT2D eigenvalue weighted by Gasteiger charge is 2.21. The summed E-state index contributed by atoms with van der Waals surface area (Å²) in [6.45, 7) is 5.83. The number of aromatic nitrogens is 2. The average Bonchev–Trinajstić information content (AvgIpc) is 2.87. The Hall–Kier alpha value is -2.89. The van der Waals surface area contributed by atoms with E-state index in [-0.39, 0.29) is 11.7 Å². The Kier molecular flexibility index (Phi) is 7.35. The van der Waals surface area contributed by atoms with Crippen LogP contribution in [0.3, 0.4) is 0 Å². The number of aryl methyl sites for hydroxylation is 1. The molecule has 0 bridgehead atoms. The molecule has 0 amide bonds. The first-order chi connectivity index (χ1) is 17.1. The molecule has 0 saturated carbocycles. The Morgan fingerprint density at radius 3 is 2.60 bits per heavy atom. The number of nitrogens with zero attached hydrogens (tertiary/aromatic N) is 3. The van der Waals surface area contributed by atoms with Crippen LogP contribution in [0.4, 0.5) is 5.82 Å². The quantitative estimate of drug-likeness (QED) is 0.289. The van der Waals surface area contributed by atoms with Crippen molar-refractivity contribution in [3.8, 4) is 0 Å². The summed E-state index contributed by atoms with van der Waals surface area (Å²) in [7, 11) is 0. The van der Waals surface area contributed by atoms with Gasteiger partial charge in [0.05, 0.1) is 5.52 Å². The van der Waals surface area contributed by atoms with Crippen molar-refractivity contribution in [2.75, 3.05) is 18.4 Å². The lowest BCUT2D eigenvalue weighted by Gasteiger charge is -2.33. The summed E-state index contributed by atoms with van der Waals surface area (Å²) in [4.78, 5) is 19.9. The maximum Gasteiger partial charge on any atom is 0.350 e. The minimum absolute atomic E-state index is 0.188. The van der Waals surface area contributed by atoms with Crippen LogP contribution in [0.15, 0.2) is 65.5 Å². The normalized spacial score (nSPS) is 15.1. The van der Waals surface area contributed by atoms with Crippen molar-refractivity contribution in [3.05, 3.63) is 81.7 Å². The number of fused-ring (bicyclic) bond motifs is 2. The zero-order valence-corrected chi connectivity index (χ0v) is 21.1. The molecule has 0 unspecified atom stereocenters. The van der Waals surface area contributed by atoms with Crippen LogP contribution >= 0.6 is 11.6 Å². The lowest BCUT2D eigenvalue weighted by Crippen LogP contribution is -2.39. The van der Waals surface area contributed by atoms with Gasteiger partial charge in [-0.1, -0.05) is 67.8 Å². The first-order valence-electron chi connectivity index (χ1n) is 12.8. The number of benzene rings is 3. The van der Waals surface area contributed by atoms with Gasteiger partial charge in [-0.3, -0.25) is 9.47 Å². The number of anilines is 1. The maximum absolute atomic E-state index is 12.9. The van der Waals surface area contributed by atoms with Crippen molar-refractivity contribution < 1.29 is 0 Å². The van der Waals surface area contributed by atoms with E-state index in [4.69, 9.17) is 11.6 Å². The average molecular weight is 489 g/mol. The summed E-state index contributed by atoms with van der Waals surface area (Å²) in [5, 5.41) is 7.74. The molecular formula is C29H33ClN4O. The van der Waals surface area contributed by atoms with Gasteiger partial charge in [0.2, 0.25) is 0 Å². The summed E-state index contributed by atoms with van der Waals surface area (Å²) >= 11 is 6.34. The molecule has 1 N–H and O–H groups in total. The second kappa shape index (κ2) is 10.8. The van der Waals surface area contributed by atoms with Crippen molar-refractivity contribution in [2.45, 2.75) is 58.2 Å². The predicted octanol–water partition coefficient (Wildman–Crippen LogP) is 6.47. The first-order valence-corrected chi connectivity index (χ1v) is 13.1. The molecule has 0 radical (unpaired) electrons. The van der Waals surface area contributed by atoms with Gasteiger partial charge in [-0.25, -0.2) is 4.79 Å². The lowest BCUT2D eigenvalue weighted by molar-refractivity contribution is 0.211. The lowest BCUT2D eigenvalue weighted by atomic mass is 10.0. The van der Waals surface area contributed by atoms with E-state index >= 15 is 0 Å². The Bertz CT molecular complexity index is 1370. The number of hydrogen-bond acceptors (Lipinski definition) is 4. The van der Waals surface area contributed by atoms with Gasteiger partial charge >= 0.3 is 5.69 Å². The maximum atomic E-state index is 12.9. The Morgan fingerprint density at radius 1 is 1.00 bits per heavy atom. The zero-order valence-electron chi connectivity index (χ0n) is 20.3. The Morgan fingerprint density at radius 2 is 1.80 bits per heavy atom. The van der Waals surface area contributed by atoms with Gasteiger partial charge in [0.15, 0.2) is 0 Å². The van der Waals surface area contributed by atoms with Crippen molar-refractivity contribution in [1.29, 1.82) is 0 Å². The molecule has 35 heavy (non-hydrogen) atoms. The number of nitrogens with one attached hydrogen (secondary N) is 1. The van der Waals surface area contributed by atoms with Crippen LogP contribution in [0.1, 0.15) is 44.6 Å². The van der Waals surface area contributed by atoms with Gasteiger partial charge in [-0.05, 0) is 59.9 Å². The van der Waals surface area contributed by atoms with E-state index in [9.17, 15) is 4.79 Å². The molecular weight excluding hydrogens is 456 g/mol. The fourth-order valence-electron chi connectivity index (χ4n) is 5.12. The van der Waals surface area contributed by atoms with Crippen LogP contribution in [0.25, 0.3) is 21.7 Å². The van der Waals surface area contributed by atoms with E-state index in [2.05, 4.69) is 64.6 Å². The zero-order chi connectivity index (χ0) is 24.2. The van der Waals surface area contributed by atoms with Crippen molar-refractivity contribution in [3.63, 3.8) is 0 Å². The van der Waals surface area contributed by atoms with Gasteiger partial charge < -0.3 is 5.32 Å². The van der Waals surface area contributed by atoms with E-state index in [0.717, 1.165) is 62.6 Å². The van der Waals surface area contributed by atoms with E-state index in [1.54, 1.807) is 4.57 Å². The fraction of sp³-hybridized carbons (Fsp3) is 0.379. The minimum Gasteiger partial charge on any atom is -0.367 e. The molecule has 6 heteroatoms. The van der Waals surface area contributed by atoms with Gasteiger partial charge in [-0.15, -0.1) is 0 Å². The Balaban J connectivity index is 1.27. The number of rotatable bonds is 8. The van der Waals surface area contributed by atoms with Crippen LogP contribution < -0.4 is 11.0 Å². The van der Waals surface area contributed by atoms with Crippen LogP contribution in [0.5, 0.6) is 0 Å². The predicted molar refractivity (Wildman–Crippen MR) is 146 cm³/mol. The largest absolute Gasteiger partial charge is 0.367 e. The van der Waals surface area contributed by atoms with Gasteiger partial charge in [0.1, 0.15) is 5.82 Å². The number of piperidine rings is 1. The van der Waals surface area contributed by atoms with Gasteiger partial charge in [0.25, 0.3) is 0 Å². The SMILES string of the molecule is CCCCCn1c(=O)nc(NC2CCN(Cc3ccc4ccccc4c3)CC2)c2cc(Cl)ccc21. The smallest absolute Gasteiger partial charge is 0.350 e. The van der Waals surface area contributed by atoms with E-state index < -0.39 is 0 Å². The molecule has 5 rings (SSSR count).